The molecule has 6 heteroatoms. The number of phosphoric ester groups is 1. The summed E-state index contributed by atoms with van der Waals surface area (Å²) in [5.41, 5.74) is 0. The molecule has 1 rings (SSSR count). The molecule has 2 unspecified atom stereocenters. The monoisotopic (exact) mass is 292 g/mol. The highest BCUT2D eigenvalue weighted by molar-refractivity contribution is 7.52. The second kappa shape index (κ2) is 7.67. The van der Waals surface area contributed by atoms with Crippen molar-refractivity contribution in [2.24, 2.45) is 0 Å². The number of likely N-dealkylation sites (N-methyl/N-ethyl adjacent to an activating group) is 1. The summed E-state index contributed by atoms with van der Waals surface area (Å²) < 4.78 is 11.0. The summed E-state index contributed by atoms with van der Waals surface area (Å²) in [5, 5.41) is 0. The number of phosphoric acid groups is 1. The van der Waals surface area contributed by atoms with Crippen molar-refractivity contribution in [2.75, 3.05) is 34.3 Å². The van der Waals surface area contributed by atoms with Gasteiger partial charge in [-0.25, -0.2) is 0 Å². The van der Waals surface area contributed by atoms with Gasteiger partial charge in [-0.15, -0.1) is 0 Å². The standard InChI is InChI=1S/C13H26NO4P/c1-14(2,3)11-12-17-19(15,16)18-13-9-7-5-4-6-8-10-13/h4-5,13H,6-12H2,1-3H3/p+1/b5-4-. The summed E-state index contributed by atoms with van der Waals surface area (Å²) in [4.78, 5) is 21.6. The average molecular weight is 292 g/mol. The number of hydrogen-bond acceptors (Lipinski definition) is 4. The molecule has 0 aromatic rings. The molecule has 5 nitrogen and oxygen atoms in total. The van der Waals surface area contributed by atoms with E-state index in [0.717, 1.165) is 32.1 Å². The minimum Gasteiger partial charge on any atom is -0.606 e. The fraction of sp³-hybridized carbons (Fsp3) is 0.846. The van der Waals surface area contributed by atoms with E-state index in [0.29, 0.717) is 11.0 Å². The van der Waals surface area contributed by atoms with Crippen molar-refractivity contribution in [2.45, 2.75) is 38.2 Å². The van der Waals surface area contributed by atoms with Gasteiger partial charge in [-0.1, -0.05) is 12.2 Å². The Morgan fingerprint density at radius 3 is 2.63 bits per heavy atom. The Labute approximate surface area is 117 Å². The Bertz CT molecular complexity index is 289. The fourth-order valence-electron chi connectivity index (χ4n) is 1.88. The molecule has 2 atom stereocenters. The van der Waals surface area contributed by atoms with Gasteiger partial charge in [0.25, 0.3) is 0 Å². The highest BCUT2D eigenvalue weighted by Crippen LogP contribution is 2.49. The molecular weight excluding hydrogens is 265 g/mol. The summed E-state index contributed by atoms with van der Waals surface area (Å²) in [5.74, 6) is 0. The molecule has 0 spiro atoms. The van der Waals surface area contributed by atoms with Gasteiger partial charge in [0.05, 0.1) is 21.1 Å². The van der Waals surface area contributed by atoms with Gasteiger partial charge in [-0.3, -0.25) is 0 Å². The molecule has 0 heterocycles. The molecule has 1 aliphatic rings. The van der Waals surface area contributed by atoms with Gasteiger partial charge >= 0.3 is 8.17 Å². The molecule has 1 N–H and O–H groups in total. The molecule has 0 aliphatic heterocycles. The molecule has 0 aromatic carbocycles. The van der Waals surface area contributed by atoms with Crippen LogP contribution in [0.25, 0.3) is 0 Å². The van der Waals surface area contributed by atoms with Crippen LogP contribution < -0.4 is 4.89 Å². The van der Waals surface area contributed by atoms with E-state index in [-0.39, 0.29) is 12.7 Å². The van der Waals surface area contributed by atoms with Gasteiger partial charge < -0.3 is 9.38 Å². The highest BCUT2D eigenvalue weighted by Gasteiger charge is 2.32. The van der Waals surface area contributed by atoms with Gasteiger partial charge in [-0.05, 0) is 32.1 Å². The number of quaternary nitrogens is 1. The van der Waals surface area contributed by atoms with Gasteiger partial charge in [0.1, 0.15) is 19.3 Å². The largest absolute Gasteiger partial charge is 0.606 e. The topological polar surface area (TPSA) is 61.8 Å². The maximum absolute atomic E-state index is 11.9. The maximum atomic E-state index is 11.9. The van der Waals surface area contributed by atoms with Crippen LogP contribution in [0.4, 0.5) is 0 Å². The van der Waals surface area contributed by atoms with Crippen molar-refractivity contribution >= 4 is 8.17 Å². The second-order valence-electron chi connectivity index (χ2n) is 6.02. The lowest BCUT2D eigenvalue weighted by Crippen LogP contribution is -2.38. The van der Waals surface area contributed by atoms with Crippen molar-refractivity contribution in [3.05, 3.63) is 12.2 Å². The van der Waals surface area contributed by atoms with Crippen molar-refractivity contribution in [3.8, 4) is 0 Å². The van der Waals surface area contributed by atoms with E-state index < -0.39 is 8.17 Å². The number of allylic oxidation sites excluding steroid dienone is 2. The van der Waals surface area contributed by atoms with Crippen LogP contribution in [-0.4, -0.2) is 49.8 Å². The van der Waals surface area contributed by atoms with Crippen LogP contribution in [0, 0.1) is 0 Å². The summed E-state index contributed by atoms with van der Waals surface area (Å²) in [6.45, 7) is 0.894. The van der Waals surface area contributed by atoms with Gasteiger partial charge in [0, 0.05) is 0 Å². The minimum absolute atomic E-state index is 0.176. The van der Waals surface area contributed by atoms with E-state index in [1.807, 2.05) is 21.1 Å². The minimum atomic E-state index is -3.91. The summed E-state index contributed by atoms with van der Waals surface area (Å²) >= 11 is 0. The van der Waals surface area contributed by atoms with Crippen molar-refractivity contribution in [3.63, 3.8) is 0 Å². The number of rotatable bonds is 6. The van der Waals surface area contributed by atoms with Crippen LogP contribution in [0.1, 0.15) is 32.1 Å². The lowest BCUT2D eigenvalue weighted by atomic mass is 10.0. The Morgan fingerprint density at radius 2 is 1.95 bits per heavy atom. The first-order chi connectivity index (χ1) is 8.79. The van der Waals surface area contributed by atoms with E-state index in [1.54, 1.807) is 0 Å². The van der Waals surface area contributed by atoms with Gasteiger partial charge in [0.15, 0.2) is 0 Å². The first kappa shape index (κ1) is 17.0. The first-order valence-electron chi connectivity index (χ1n) is 6.90. The lowest BCUT2D eigenvalue weighted by Gasteiger charge is -2.27. The van der Waals surface area contributed by atoms with E-state index in [9.17, 15) is 9.79 Å². The summed E-state index contributed by atoms with van der Waals surface area (Å²) in [6, 6.07) is 0. The zero-order valence-corrected chi connectivity index (χ0v) is 13.1. The highest BCUT2D eigenvalue weighted by atomic mass is 31.2. The Balaban J connectivity index is 2.33. The average Bonchev–Trinajstić information content (AvgIpc) is 2.19. The molecule has 19 heavy (non-hydrogen) atoms. The van der Waals surface area contributed by atoms with E-state index >= 15 is 0 Å². The van der Waals surface area contributed by atoms with Crippen LogP contribution in [0.5, 0.6) is 0 Å². The molecule has 112 valence electrons. The molecular formula is C13H27NO4P+. The van der Waals surface area contributed by atoms with Crippen molar-refractivity contribution in [1.82, 2.24) is 0 Å². The van der Waals surface area contributed by atoms with Gasteiger partial charge in [-0.2, -0.15) is 13.9 Å². The molecule has 1 aliphatic carbocycles. The lowest BCUT2D eigenvalue weighted by molar-refractivity contribution is -0.870. The van der Waals surface area contributed by atoms with E-state index in [4.69, 9.17) is 9.05 Å². The van der Waals surface area contributed by atoms with Crippen LogP contribution in [0.15, 0.2) is 12.2 Å². The van der Waals surface area contributed by atoms with Crippen LogP contribution in [0.2, 0.25) is 0 Å². The van der Waals surface area contributed by atoms with Crippen LogP contribution in [-0.2, 0) is 9.05 Å². The van der Waals surface area contributed by atoms with E-state index in [1.165, 1.54) is 0 Å². The van der Waals surface area contributed by atoms with E-state index in [2.05, 4.69) is 12.2 Å². The van der Waals surface area contributed by atoms with Crippen molar-refractivity contribution < 1.29 is 23.3 Å². The maximum Gasteiger partial charge on any atom is 0.377 e. The number of nitrogens with zero attached hydrogens (tertiary/aromatic N) is 1. The zero-order valence-electron chi connectivity index (χ0n) is 12.2. The molecule has 0 bridgehead atoms. The molecule has 0 saturated heterocycles. The SMILES string of the molecule is C[N+](C)(C)CCO[P+]([O-])(O)OC1CC/C=C\CCC1. The third-order valence-corrected chi connectivity index (χ3v) is 4.09. The zero-order chi connectivity index (χ0) is 14.4. The second-order valence-corrected chi connectivity index (χ2v) is 7.43. The van der Waals surface area contributed by atoms with Crippen LogP contribution in [0.3, 0.4) is 0 Å². The van der Waals surface area contributed by atoms with Crippen LogP contribution >= 0.6 is 8.17 Å². The third kappa shape index (κ3) is 8.69. The third-order valence-electron chi connectivity index (χ3n) is 3.02. The molecule has 0 amide bonds. The molecule has 0 saturated carbocycles. The number of hydrogen-bond donors (Lipinski definition) is 1. The summed E-state index contributed by atoms with van der Waals surface area (Å²) in [6.07, 6.45) is 8.57. The Kier molecular flexibility index (Phi) is 6.87. The molecule has 0 aromatic heterocycles. The molecule has 0 fully saturated rings. The molecule has 0 radical (unpaired) electrons. The fourth-order valence-corrected chi connectivity index (χ4v) is 2.84. The summed E-state index contributed by atoms with van der Waals surface area (Å²) in [7, 11) is 2.11. The first-order valence-corrected chi connectivity index (χ1v) is 8.39. The Hall–Kier alpha value is -0.0300. The normalized spacial score (nSPS) is 26.3. The smallest absolute Gasteiger partial charge is 0.377 e. The van der Waals surface area contributed by atoms with Gasteiger partial charge in [0.2, 0.25) is 0 Å². The Morgan fingerprint density at radius 1 is 1.26 bits per heavy atom. The predicted molar refractivity (Wildman–Crippen MR) is 75.1 cm³/mol. The quantitative estimate of drug-likeness (QED) is 0.459. The predicted octanol–water partition coefficient (Wildman–Crippen LogP) is 1.64. The van der Waals surface area contributed by atoms with Crippen molar-refractivity contribution in [1.29, 1.82) is 0 Å².